The van der Waals surface area contributed by atoms with Gasteiger partial charge >= 0.3 is 56.6 Å². The van der Waals surface area contributed by atoms with Gasteiger partial charge in [0.2, 0.25) is 0 Å². The number of aliphatic hydroxyl groups excluding tert-OH is 1. The molecule has 0 radical (unpaired) electrons. The van der Waals surface area contributed by atoms with E-state index in [0.29, 0.717) is 6.61 Å². The second-order valence-corrected chi connectivity index (χ2v) is 12.8. The fraction of sp³-hybridized carbons (Fsp3) is 1.00. The molecule has 0 bridgehead atoms. The Kier molecular flexibility index (Phi) is 6.13. The fourth-order valence-corrected chi connectivity index (χ4v) is 5.60. The topological polar surface area (TPSA) is 20.2 Å². The third-order valence-electron chi connectivity index (χ3n) is 2.07. The van der Waals surface area contributed by atoms with E-state index in [2.05, 4.69) is 13.8 Å². The van der Waals surface area contributed by atoms with Crippen molar-refractivity contribution in [3.63, 3.8) is 0 Å². The molecule has 0 heterocycles. The molecule has 1 N–H and O–H groups in total. The summed E-state index contributed by atoms with van der Waals surface area (Å²) in [5.41, 5.74) is 0. The molecule has 0 aliphatic rings. The van der Waals surface area contributed by atoms with Crippen LogP contribution in [0.25, 0.3) is 0 Å². The van der Waals surface area contributed by atoms with Crippen LogP contribution in [-0.4, -0.2) is 11.7 Å². The van der Waals surface area contributed by atoms with Crippen LogP contribution in [0.2, 0.25) is 15.0 Å². The number of hydrogen-bond donors (Lipinski definition) is 1. The van der Waals surface area contributed by atoms with Crippen molar-refractivity contribution in [2.45, 2.75) is 28.9 Å². The van der Waals surface area contributed by atoms with Gasteiger partial charge in [-0.25, -0.2) is 0 Å². The van der Waals surface area contributed by atoms with Gasteiger partial charge in [-0.1, -0.05) is 0 Å². The first-order chi connectivity index (χ1) is 3.85. The molecule has 8 heavy (non-hydrogen) atoms. The molecule has 0 aromatic rings. The Balaban J connectivity index is 3.07. The summed E-state index contributed by atoms with van der Waals surface area (Å²) in [4.78, 5) is 0. The summed E-state index contributed by atoms with van der Waals surface area (Å²) < 4.78 is 0. The van der Waals surface area contributed by atoms with Gasteiger partial charge in [-0.3, -0.25) is 0 Å². The molecule has 1 nitrogen and oxygen atoms in total. The van der Waals surface area contributed by atoms with Crippen molar-refractivity contribution in [1.82, 2.24) is 0 Å². The predicted molar refractivity (Wildman–Crippen MR) is 32.9 cm³/mol. The van der Waals surface area contributed by atoms with Crippen LogP contribution in [0.3, 0.4) is 0 Å². The molecule has 0 aliphatic carbocycles. The zero-order valence-electron chi connectivity index (χ0n) is 5.98. The second kappa shape index (κ2) is 5.72. The quantitative estimate of drug-likeness (QED) is 0.636. The van der Waals surface area contributed by atoms with E-state index in [9.17, 15) is 0 Å². The van der Waals surface area contributed by atoms with Crippen LogP contribution in [-0.2, 0) is 16.0 Å². The molecule has 47 valence electrons. The van der Waals surface area contributed by atoms with Crippen LogP contribution in [0.5, 0.6) is 0 Å². The Morgan fingerprint density at radius 3 is 1.88 bits per heavy atom. The molecule has 0 aromatic heterocycles. The number of aliphatic hydroxyl groups is 1. The van der Waals surface area contributed by atoms with Crippen LogP contribution in [0.1, 0.15) is 13.8 Å². The zero-order valence-corrected chi connectivity index (χ0v) is 8.95. The molecule has 0 rings (SSSR count). The number of hydrogen-bond acceptors (Lipinski definition) is 1. The van der Waals surface area contributed by atoms with Gasteiger partial charge in [-0.2, -0.15) is 0 Å². The van der Waals surface area contributed by atoms with Crippen LogP contribution >= 0.6 is 0 Å². The Morgan fingerprint density at radius 1 is 1.25 bits per heavy atom. The van der Waals surface area contributed by atoms with Gasteiger partial charge in [-0.05, 0) is 0 Å². The molecule has 0 unspecified atom stereocenters. The molecule has 2 heteroatoms. The van der Waals surface area contributed by atoms with E-state index in [1.165, 1.54) is 15.0 Å². The standard InChI is InChI=1S/C2H5O.2C2H5.Zn/c1-2-3;2*1-2;/h3H,1-2H2;2*1H2,2H3;. The van der Waals surface area contributed by atoms with Gasteiger partial charge in [0.05, 0.1) is 0 Å². The summed E-state index contributed by atoms with van der Waals surface area (Å²) in [6.07, 6.45) is 0. The first kappa shape index (κ1) is 8.58. The molecule has 0 atom stereocenters. The molecule has 0 saturated carbocycles. The van der Waals surface area contributed by atoms with Crippen molar-refractivity contribution in [2.75, 3.05) is 6.61 Å². The molecule has 0 aromatic carbocycles. The molecular weight excluding hydrogens is 153 g/mol. The van der Waals surface area contributed by atoms with E-state index in [1.54, 1.807) is 0 Å². The van der Waals surface area contributed by atoms with E-state index in [4.69, 9.17) is 5.11 Å². The summed E-state index contributed by atoms with van der Waals surface area (Å²) in [5.74, 6) is 0. The van der Waals surface area contributed by atoms with E-state index < -0.39 is 16.0 Å². The minimum absolute atomic E-state index is 0.446. The summed E-state index contributed by atoms with van der Waals surface area (Å²) >= 11 is -1.04. The molecule has 0 fully saturated rings. The van der Waals surface area contributed by atoms with E-state index >= 15 is 0 Å². The third kappa shape index (κ3) is 3.57. The average Bonchev–Trinajstić information content (AvgIpc) is 1.83. The Labute approximate surface area is 57.0 Å². The zero-order chi connectivity index (χ0) is 6.41. The average molecular weight is 169 g/mol. The SMILES string of the molecule is C[CH2][Zn]([CH2]C)[CH2]CO. The van der Waals surface area contributed by atoms with Gasteiger partial charge in [0.25, 0.3) is 0 Å². The van der Waals surface area contributed by atoms with Gasteiger partial charge < -0.3 is 0 Å². The first-order valence-corrected chi connectivity index (χ1v) is 10.0. The van der Waals surface area contributed by atoms with E-state index in [-0.39, 0.29) is 0 Å². The molecule has 0 saturated heterocycles. The molecule has 0 spiro atoms. The number of rotatable bonds is 4. The van der Waals surface area contributed by atoms with Gasteiger partial charge in [0.1, 0.15) is 0 Å². The first-order valence-electron chi connectivity index (χ1n) is 3.73. The minimum atomic E-state index is -1.04. The van der Waals surface area contributed by atoms with E-state index in [1.807, 2.05) is 0 Å². The van der Waals surface area contributed by atoms with Crippen LogP contribution in [0.15, 0.2) is 0 Å². The van der Waals surface area contributed by atoms with Crippen molar-refractivity contribution >= 4 is 0 Å². The van der Waals surface area contributed by atoms with Crippen LogP contribution in [0.4, 0.5) is 0 Å². The van der Waals surface area contributed by atoms with Crippen LogP contribution < -0.4 is 0 Å². The molecular formula is C6H15OZn. The summed E-state index contributed by atoms with van der Waals surface area (Å²) in [5, 5.41) is 12.6. The van der Waals surface area contributed by atoms with Gasteiger partial charge in [0.15, 0.2) is 0 Å². The van der Waals surface area contributed by atoms with Crippen molar-refractivity contribution in [1.29, 1.82) is 0 Å². The summed E-state index contributed by atoms with van der Waals surface area (Å²) in [7, 11) is 0. The Morgan fingerprint density at radius 2 is 1.75 bits per heavy atom. The Bertz CT molecular complexity index is 43.8. The van der Waals surface area contributed by atoms with Crippen LogP contribution in [0, 0.1) is 0 Å². The third-order valence-corrected chi connectivity index (χ3v) is 10.8. The second-order valence-electron chi connectivity index (χ2n) is 2.64. The summed E-state index contributed by atoms with van der Waals surface area (Å²) in [6.45, 7) is 4.97. The van der Waals surface area contributed by atoms with Gasteiger partial charge in [0, 0.05) is 0 Å². The van der Waals surface area contributed by atoms with Crippen molar-refractivity contribution in [3.8, 4) is 0 Å². The molecule has 0 amide bonds. The maximum absolute atomic E-state index is 8.55. The van der Waals surface area contributed by atoms with Crippen molar-refractivity contribution in [3.05, 3.63) is 0 Å². The van der Waals surface area contributed by atoms with E-state index in [0.717, 1.165) is 0 Å². The normalized spacial score (nSPS) is 9.38. The predicted octanol–water partition coefficient (Wildman–Crippen LogP) is 1.89. The van der Waals surface area contributed by atoms with Crippen molar-refractivity contribution in [2.24, 2.45) is 0 Å². The molecule has 0 aliphatic heterocycles. The fourth-order valence-electron chi connectivity index (χ4n) is 1.08. The Hall–Kier alpha value is 0.583. The van der Waals surface area contributed by atoms with Gasteiger partial charge in [-0.15, -0.1) is 0 Å². The monoisotopic (exact) mass is 167 g/mol. The van der Waals surface area contributed by atoms with Crippen molar-refractivity contribution < 1.29 is 21.1 Å². The summed E-state index contributed by atoms with van der Waals surface area (Å²) in [6, 6.07) is 0. The maximum atomic E-state index is 8.55.